The average Bonchev–Trinajstić information content (AvgIpc) is 2.25. The largest absolute Gasteiger partial charge is 0.301 e. The molecule has 0 unspecified atom stereocenters. The molecule has 1 aromatic heterocycles. The summed E-state index contributed by atoms with van der Waals surface area (Å²) in [4.78, 5) is 18.6. The molecule has 16 heavy (non-hydrogen) atoms. The van der Waals surface area contributed by atoms with E-state index in [9.17, 15) is 9.18 Å². The number of rotatable bonds is 2. The first kappa shape index (κ1) is 11.1. The molecular weight excluding hydrogens is 227 g/mol. The number of aryl methyl sites for hydroxylation is 1. The van der Waals surface area contributed by atoms with E-state index in [0.29, 0.717) is 21.6 Å². The number of nitrogens with one attached hydrogen (secondary N) is 1. The quantitative estimate of drug-likeness (QED) is 0.645. The van der Waals surface area contributed by atoms with Gasteiger partial charge in [0.2, 0.25) is 0 Å². The Hall–Kier alpha value is -1.36. The summed E-state index contributed by atoms with van der Waals surface area (Å²) < 4.78 is 13.3. The summed E-state index contributed by atoms with van der Waals surface area (Å²) in [6.45, 7) is 3.60. The molecule has 2 rings (SSSR count). The summed E-state index contributed by atoms with van der Waals surface area (Å²) in [6, 6.07) is 2.76. The molecule has 3 nitrogen and oxygen atoms in total. The second-order valence-electron chi connectivity index (χ2n) is 3.37. The van der Waals surface area contributed by atoms with Crippen molar-refractivity contribution in [1.29, 1.82) is 0 Å². The van der Waals surface area contributed by atoms with Crippen LogP contribution in [0, 0.1) is 12.7 Å². The van der Waals surface area contributed by atoms with Gasteiger partial charge >= 0.3 is 0 Å². The third kappa shape index (κ3) is 1.82. The number of hydrogen-bond acceptors (Lipinski definition) is 3. The van der Waals surface area contributed by atoms with Crippen molar-refractivity contribution in [2.75, 3.05) is 5.75 Å². The smallest absolute Gasteiger partial charge is 0.259 e. The lowest BCUT2D eigenvalue weighted by molar-refractivity contribution is 0.620. The van der Waals surface area contributed by atoms with E-state index in [2.05, 4.69) is 9.97 Å². The van der Waals surface area contributed by atoms with Crippen LogP contribution in [0.5, 0.6) is 0 Å². The van der Waals surface area contributed by atoms with E-state index in [0.717, 1.165) is 5.75 Å². The fourth-order valence-corrected chi connectivity index (χ4v) is 2.10. The van der Waals surface area contributed by atoms with Gasteiger partial charge in [0.1, 0.15) is 5.82 Å². The van der Waals surface area contributed by atoms with Gasteiger partial charge in [0.15, 0.2) is 5.16 Å². The van der Waals surface area contributed by atoms with Gasteiger partial charge in [0.05, 0.1) is 10.9 Å². The monoisotopic (exact) mass is 238 g/mol. The van der Waals surface area contributed by atoms with E-state index in [1.807, 2.05) is 6.92 Å². The lowest BCUT2D eigenvalue weighted by Crippen LogP contribution is -2.10. The van der Waals surface area contributed by atoms with Crippen LogP contribution in [0.2, 0.25) is 0 Å². The normalized spacial score (nSPS) is 10.9. The van der Waals surface area contributed by atoms with Gasteiger partial charge in [0, 0.05) is 5.56 Å². The first-order chi connectivity index (χ1) is 7.63. The van der Waals surface area contributed by atoms with E-state index in [1.165, 1.54) is 23.9 Å². The van der Waals surface area contributed by atoms with E-state index in [-0.39, 0.29) is 11.4 Å². The summed E-state index contributed by atoms with van der Waals surface area (Å²) in [5.74, 6) is 0.473. The van der Waals surface area contributed by atoms with Crippen LogP contribution in [0.25, 0.3) is 10.9 Å². The van der Waals surface area contributed by atoms with Crippen LogP contribution in [0.15, 0.2) is 22.1 Å². The predicted octanol–water partition coefficient (Wildman–Crippen LogP) is 2.48. The minimum absolute atomic E-state index is 0.218. The standard InChI is InChI=1S/C11H11FN2OS/c1-3-16-11-13-9-6(2)8(12)5-4-7(9)10(15)14-11/h4-5H,3H2,1-2H3,(H,13,14,15). The van der Waals surface area contributed by atoms with Crippen molar-refractivity contribution < 1.29 is 4.39 Å². The molecule has 84 valence electrons. The fourth-order valence-electron chi connectivity index (χ4n) is 1.50. The van der Waals surface area contributed by atoms with Gasteiger partial charge in [-0.15, -0.1) is 0 Å². The van der Waals surface area contributed by atoms with Gasteiger partial charge in [-0.2, -0.15) is 0 Å². The first-order valence-corrected chi connectivity index (χ1v) is 5.94. The molecule has 0 saturated heterocycles. The lowest BCUT2D eigenvalue weighted by atomic mass is 10.1. The summed E-state index contributed by atoms with van der Waals surface area (Å²) in [5.41, 5.74) is 0.644. The van der Waals surface area contributed by atoms with Gasteiger partial charge in [0.25, 0.3) is 5.56 Å². The molecule has 0 spiro atoms. The molecule has 5 heteroatoms. The van der Waals surface area contributed by atoms with E-state index in [1.54, 1.807) is 6.92 Å². The molecule has 0 bridgehead atoms. The highest BCUT2D eigenvalue weighted by Crippen LogP contribution is 2.19. The molecule has 0 aliphatic carbocycles. The second kappa shape index (κ2) is 4.25. The van der Waals surface area contributed by atoms with Crippen LogP contribution >= 0.6 is 11.8 Å². The van der Waals surface area contributed by atoms with Crippen molar-refractivity contribution in [3.63, 3.8) is 0 Å². The van der Waals surface area contributed by atoms with Crippen LogP contribution in [0.1, 0.15) is 12.5 Å². The maximum Gasteiger partial charge on any atom is 0.259 e. The van der Waals surface area contributed by atoms with Gasteiger partial charge in [-0.1, -0.05) is 18.7 Å². The molecule has 1 N–H and O–H groups in total. The van der Waals surface area contributed by atoms with Crippen LogP contribution in [-0.4, -0.2) is 15.7 Å². The second-order valence-corrected chi connectivity index (χ2v) is 4.63. The van der Waals surface area contributed by atoms with Crippen molar-refractivity contribution >= 4 is 22.7 Å². The summed E-state index contributed by atoms with van der Waals surface area (Å²) >= 11 is 1.43. The van der Waals surface area contributed by atoms with Gasteiger partial charge in [-0.05, 0) is 24.8 Å². The maximum atomic E-state index is 13.3. The van der Waals surface area contributed by atoms with Gasteiger partial charge < -0.3 is 4.98 Å². The Kier molecular flexibility index (Phi) is 2.96. The fraction of sp³-hybridized carbons (Fsp3) is 0.273. The number of H-pyrrole nitrogens is 1. The maximum absolute atomic E-state index is 13.3. The minimum atomic E-state index is -0.335. The number of benzene rings is 1. The molecule has 0 saturated carbocycles. The molecule has 0 atom stereocenters. The lowest BCUT2D eigenvalue weighted by Gasteiger charge is -2.04. The summed E-state index contributed by atoms with van der Waals surface area (Å²) in [7, 11) is 0. The number of thioether (sulfide) groups is 1. The Morgan fingerprint density at radius 1 is 1.50 bits per heavy atom. The molecule has 1 aromatic carbocycles. The Morgan fingerprint density at radius 2 is 2.25 bits per heavy atom. The van der Waals surface area contributed by atoms with Crippen LogP contribution < -0.4 is 5.56 Å². The van der Waals surface area contributed by atoms with Crippen LogP contribution in [0.3, 0.4) is 0 Å². The third-order valence-electron chi connectivity index (χ3n) is 2.32. The highest BCUT2D eigenvalue weighted by Gasteiger charge is 2.09. The number of nitrogens with zero attached hydrogens (tertiary/aromatic N) is 1. The Bertz CT molecular complexity index is 594. The zero-order chi connectivity index (χ0) is 11.7. The van der Waals surface area contributed by atoms with E-state index < -0.39 is 0 Å². The number of hydrogen-bond donors (Lipinski definition) is 1. The van der Waals surface area contributed by atoms with Crippen LogP contribution in [-0.2, 0) is 0 Å². The molecular formula is C11H11FN2OS. The average molecular weight is 238 g/mol. The number of aromatic amines is 1. The topological polar surface area (TPSA) is 45.8 Å². The molecule has 0 fully saturated rings. The molecule has 1 heterocycles. The first-order valence-electron chi connectivity index (χ1n) is 4.95. The van der Waals surface area contributed by atoms with Crippen molar-refractivity contribution in [3.05, 3.63) is 33.9 Å². The van der Waals surface area contributed by atoms with E-state index >= 15 is 0 Å². The highest BCUT2D eigenvalue weighted by atomic mass is 32.2. The summed E-state index contributed by atoms with van der Waals surface area (Å²) in [5, 5.41) is 0.966. The van der Waals surface area contributed by atoms with Crippen molar-refractivity contribution in [2.24, 2.45) is 0 Å². The highest BCUT2D eigenvalue weighted by molar-refractivity contribution is 7.99. The number of aromatic nitrogens is 2. The SMILES string of the molecule is CCSc1nc2c(C)c(F)ccc2c(=O)[nH]1. The van der Waals surface area contributed by atoms with Crippen molar-refractivity contribution in [2.45, 2.75) is 19.0 Å². The Balaban J connectivity index is 2.78. The molecule has 0 amide bonds. The number of fused-ring (bicyclic) bond motifs is 1. The minimum Gasteiger partial charge on any atom is -0.301 e. The Labute approximate surface area is 96.1 Å². The molecule has 2 aromatic rings. The molecule has 0 radical (unpaired) electrons. The third-order valence-corrected chi connectivity index (χ3v) is 3.08. The van der Waals surface area contributed by atoms with Crippen LogP contribution in [0.4, 0.5) is 4.39 Å². The van der Waals surface area contributed by atoms with Crippen molar-refractivity contribution in [1.82, 2.24) is 9.97 Å². The zero-order valence-corrected chi connectivity index (χ0v) is 9.82. The Morgan fingerprint density at radius 3 is 2.94 bits per heavy atom. The van der Waals surface area contributed by atoms with Crippen molar-refractivity contribution in [3.8, 4) is 0 Å². The molecule has 0 aliphatic rings. The van der Waals surface area contributed by atoms with E-state index in [4.69, 9.17) is 0 Å². The predicted molar refractivity (Wildman–Crippen MR) is 63.5 cm³/mol. The summed E-state index contributed by atoms with van der Waals surface area (Å²) in [6.07, 6.45) is 0. The van der Waals surface area contributed by atoms with Gasteiger partial charge in [-0.3, -0.25) is 4.79 Å². The molecule has 0 aliphatic heterocycles. The number of halogens is 1. The zero-order valence-electron chi connectivity index (χ0n) is 9.00. The van der Waals surface area contributed by atoms with Gasteiger partial charge in [-0.25, -0.2) is 9.37 Å².